The van der Waals surface area contributed by atoms with Gasteiger partial charge in [0, 0.05) is 6.04 Å². The lowest BCUT2D eigenvalue weighted by Gasteiger charge is -2.12. The minimum Gasteiger partial charge on any atom is -0.304 e. The summed E-state index contributed by atoms with van der Waals surface area (Å²) in [4.78, 5) is 23.9. The highest BCUT2D eigenvalue weighted by Crippen LogP contribution is 1.89. The molecule has 1 unspecified atom stereocenters. The third kappa shape index (κ3) is 5.98. The van der Waals surface area contributed by atoms with Gasteiger partial charge in [0.1, 0.15) is 0 Å². The van der Waals surface area contributed by atoms with Gasteiger partial charge in [0.2, 0.25) is 12.0 Å². The molecule has 1 atom stereocenters. The molecule has 0 aliphatic carbocycles. The fraction of sp³-hybridized carbons (Fsp3) is 0.714. The van der Waals surface area contributed by atoms with Gasteiger partial charge in [0.15, 0.2) is 0 Å². The fourth-order valence-electron chi connectivity index (χ4n) is 0.774. The zero-order chi connectivity index (χ0) is 10.1. The van der Waals surface area contributed by atoms with E-state index in [1.165, 1.54) is 6.08 Å². The Bertz CT molecular complexity index is 201. The van der Waals surface area contributed by atoms with Gasteiger partial charge >= 0.3 is 0 Å². The number of carbonyl (C=O) groups excluding carboxylic acids is 2. The van der Waals surface area contributed by atoms with Crippen molar-refractivity contribution in [3.05, 3.63) is 0 Å². The highest BCUT2D eigenvalue weighted by molar-refractivity contribution is 5.77. The lowest BCUT2D eigenvalue weighted by molar-refractivity contribution is -0.120. The molecule has 0 fully saturated rings. The average molecular weight is 186 g/mol. The van der Waals surface area contributed by atoms with Gasteiger partial charge in [-0.2, -0.15) is 0 Å². The van der Waals surface area contributed by atoms with Gasteiger partial charge < -0.3 is 5.32 Å². The Morgan fingerprint density at radius 2 is 2.38 bits per heavy atom. The number of hydrazine groups is 1. The van der Waals surface area contributed by atoms with Gasteiger partial charge in [-0.3, -0.25) is 10.2 Å². The topological polar surface area (TPSA) is 96.6 Å². The molecule has 0 heterocycles. The maximum atomic E-state index is 10.7. The second-order valence-electron chi connectivity index (χ2n) is 2.49. The molecule has 74 valence electrons. The first-order valence-electron chi connectivity index (χ1n) is 4.01. The first kappa shape index (κ1) is 11.8. The summed E-state index contributed by atoms with van der Waals surface area (Å²) < 4.78 is 0. The number of amides is 1. The predicted molar refractivity (Wildman–Crippen MR) is 47.4 cm³/mol. The third-order valence-corrected chi connectivity index (χ3v) is 1.58. The molecular weight excluding hydrogens is 172 g/mol. The van der Waals surface area contributed by atoms with E-state index < -0.39 is 0 Å². The summed E-state index contributed by atoms with van der Waals surface area (Å²) in [5, 5.41) is 2.89. The molecule has 0 aromatic carbocycles. The second-order valence-corrected chi connectivity index (χ2v) is 2.49. The van der Waals surface area contributed by atoms with Crippen molar-refractivity contribution in [3.8, 4) is 0 Å². The normalized spacial score (nSPS) is 11.5. The van der Waals surface area contributed by atoms with E-state index in [-0.39, 0.29) is 18.5 Å². The minimum atomic E-state index is -0.298. The zero-order valence-electron chi connectivity index (χ0n) is 7.54. The lowest BCUT2D eigenvalue weighted by atomic mass is 10.2. The van der Waals surface area contributed by atoms with Crippen LogP contribution >= 0.6 is 0 Å². The number of rotatable bonds is 6. The van der Waals surface area contributed by atoms with Gasteiger partial charge in [0.05, 0.1) is 13.1 Å². The molecule has 0 aliphatic rings. The number of hydrogen-bond acceptors (Lipinski definition) is 5. The first-order chi connectivity index (χ1) is 6.24. The van der Waals surface area contributed by atoms with Crippen LogP contribution in [-0.2, 0) is 9.59 Å². The molecule has 0 aromatic rings. The van der Waals surface area contributed by atoms with Crippen molar-refractivity contribution in [1.82, 2.24) is 10.7 Å². The van der Waals surface area contributed by atoms with Crippen LogP contribution in [0, 0.1) is 0 Å². The molecule has 0 aliphatic heterocycles. The van der Waals surface area contributed by atoms with E-state index in [0.29, 0.717) is 6.54 Å². The monoisotopic (exact) mass is 186 g/mol. The fourth-order valence-corrected chi connectivity index (χ4v) is 0.774. The summed E-state index contributed by atoms with van der Waals surface area (Å²) in [6.45, 7) is 2.39. The molecule has 0 radical (unpaired) electrons. The number of hydrogen-bond donors (Lipinski definition) is 3. The molecule has 4 N–H and O–H groups in total. The van der Waals surface area contributed by atoms with E-state index in [1.807, 2.05) is 12.3 Å². The Kier molecular flexibility index (Phi) is 6.72. The van der Waals surface area contributed by atoms with Crippen molar-refractivity contribution >= 4 is 12.0 Å². The Morgan fingerprint density at radius 1 is 1.69 bits per heavy atom. The maximum Gasteiger partial charge on any atom is 0.247 e. The molecule has 6 heteroatoms. The van der Waals surface area contributed by atoms with Gasteiger partial charge in [0.25, 0.3) is 0 Å². The molecule has 0 saturated heterocycles. The number of nitrogens with zero attached hydrogens (tertiary/aromatic N) is 1. The summed E-state index contributed by atoms with van der Waals surface area (Å²) in [5.41, 5.74) is 1.99. The van der Waals surface area contributed by atoms with Crippen LogP contribution < -0.4 is 16.6 Å². The van der Waals surface area contributed by atoms with Crippen LogP contribution in [0.4, 0.5) is 0 Å². The molecule has 0 rings (SSSR count). The van der Waals surface area contributed by atoms with Gasteiger partial charge in [-0.15, -0.1) is 0 Å². The van der Waals surface area contributed by atoms with Crippen molar-refractivity contribution < 1.29 is 9.59 Å². The molecule has 0 saturated carbocycles. The average Bonchev–Trinajstić information content (AvgIpc) is 2.17. The largest absolute Gasteiger partial charge is 0.304 e. The summed E-state index contributed by atoms with van der Waals surface area (Å²) in [6, 6.07) is 0.0127. The number of nitrogens with one attached hydrogen (secondary N) is 2. The molecular formula is C7H14N4O2. The van der Waals surface area contributed by atoms with Gasteiger partial charge in [-0.05, 0) is 6.42 Å². The van der Waals surface area contributed by atoms with Crippen LogP contribution in [0.2, 0.25) is 0 Å². The Labute approximate surface area is 76.6 Å². The van der Waals surface area contributed by atoms with Crippen LogP contribution in [0.25, 0.3) is 0 Å². The van der Waals surface area contributed by atoms with Gasteiger partial charge in [-0.1, -0.05) is 6.92 Å². The van der Waals surface area contributed by atoms with Crippen molar-refractivity contribution in [3.63, 3.8) is 0 Å². The van der Waals surface area contributed by atoms with Crippen molar-refractivity contribution in [2.45, 2.75) is 19.4 Å². The van der Waals surface area contributed by atoms with E-state index in [4.69, 9.17) is 5.84 Å². The second kappa shape index (κ2) is 7.42. The predicted octanol–water partition coefficient (Wildman–Crippen LogP) is -1.32. The highest BCUT2D eigenvalue weighted by Gasteiger charge is 2.06. The Balaban J connectivity index is 3.71. The third-order valence-electron chi connectivity index (χ3n) is 1.58. The molecule has 0 spiro atoms. The standard InChI is InChI=1S/C7H14N4O2/c1-2-6(3-9-5-12)10-4-7(13)11-8/h6,10H,2-4,8H2,1H3,(H,11,13). The van der Waals surface area contributed by atoms with Crippen molar-refractivity contribution in [2.24, 2.45) is 10.8 Å². The number of isocyanates is 1. The Hall–Kier alpha value is -1.23. The molecule has 0 bridgehead atoms. The van der Waals surface area contributed by atoms with Crippen molar-refractivity contribution in [1.29, 1.82) is 0 Å². The summed E-state index contributed by atoms with van der Waals surface area (Å²) in [7, 11) is 0. The quantitative estimate of drug-likeness (QED) is 0.157. The van der Waals surface area contributed by atoms with Crippen LogP contribution in [-0.4, -0.2) is 31.1 Å². The first-order valence-corrected chi connectivity index (χ1v) is 4.01. The lowest BCUT2D eigenvalue weighted by Crippen LogP contribution is -2.42. The van der Waals surface area contributed by atoms with Crippen LogP contribution in [0.5, 0.6) is 0 Å². The molecule has 13 heavy (non-hydrogen) atoms. The number of aliphatic imine (C=N–C) groups is 1. The van der Waals surface area contributed by atoms with Crippen LogP contribution in [0.3, 0.4) is 0 Å². The summed E-state index contributed by atoms with van der Waals surface area (Å²) in [6.07, 6.45) is 2.22. The maximum absolute atomic E-state index is 10.7. The molecule has 0 aromatic heterocycles. The SMILES string of the molecule is CCC(CN=C=O)NCC(=O)NN. The minimum absolute atomic E-state index is 0.0127. The number of carbonyl (C=O) groups is 1. The Morgan fingerprint density at radius 3 is 2.85 bits per heavy atom. The van der Waals surface area contributed by atoms with Crippen molar-refractivity contribution in [2.75, 3.05) is 13.1 Å². The van der Waals surface area contributed by atoms with E-state index >= 15 is 0 Å². The van der Waals surface area contributed by atoms with E-state index in [0.717, 1.165) is 6.42 Å². The van der Waals surface area contributed by atoms with E-state index in [9.17, 15) is 9.59 Å². The summed E-state index contributed by atoms with van der Waals surface area (Å²) in [5.74, 6) is 4.58. The number of nitrogens with two attached hydrogens (primary N) is 1. The van der Waals surface area contributed by atoms with Crippen LogP contribution in [0.1, 0.15) is 13.3 Å². The van der Waals surface area contributed by atoms with E-state index in [1.54, 1.807) is 0 Å². The molecule has 1 amide bonds. The van der Waals surface area contributed by atoms with E-state index in [2.05, 4.69) is 10.3 Å². The summed E-state index contributed by atoms with van der Waals surface area (Å²) >= 11 is 0. The molecule has 6 nitrogen and oxygen atoms in total. The smallest absolute Gasteiger partial charge is 0.247 e. The highest BCUT2D eigenvalue weighted by atomic mass is 16.2. The van der Waals surface area contributed by atoms with Gasteiger partial charge in [-0.25, -0.2) is 15.6 Å². The van der Waals surface area contributed by atoms with Crippen LogP contribution in [0.15, 0.2) is 4.99 Å². The zero-order valence-corrected chi connectivity index (χ0v) is 7.54.